The summed E-state index contributed by atoms with van der Waals surface area (Å²) in [4.78, 5) is 0.198. The molecule has 3 heterocycles. The van der Waals surface area contributed by atoms with Crippen LogP contribution in [0.25, 0.3) is 0 Å². The van der Waals surface area contributed by atoms with Gasteiger partial charge in [0.25, 0.3) is 0 Å². The summed E-state index contributed by atoms with van der Waals surface area (Å²) >= 11 is 0. The second-order valence-electron chi connectivity index (χ2n) is 5.98. The molecule has 0 amide bonds. The van der Waals surface area contributed by atoms with E-state index in [0.717, 1.165) is 5.56 Å². The molecule has 25 heavy (non-hydrogen) atoms. The summed E-state index contributed by atoms with van der Waals surface area (Å²) in [5.74, 6) is 1.03. The van der Waals surface area contributed by atoms with E-state index >= 15 is 0 Å². The Bertz CT molecular complexity index is 880. The van der Waals surface area contributed by atoms with Crippen molar-refractivity contribution in [1.29, 1.82) is 0 Å². The number of benzene rings is 1. The van der Waals surface area contributed by atoms with Gasteiger partial charge in [0.2, 0.25) is 10.0 Å². The molecule has 8 nitrogen and oxygen atoms in total. The van der Waals surface area contributed by atoms with Gasteiger partial charge in [0, 0.05) is 38.0 Å². The van der Waals surface area contributed by atoms with Gasteiger partial charge in [-0.3, -0.25) is 4.68 Å². The van der Waals surface area contributed by atoms with E-state index in [9.17, 15) is 8.42 Å². The minimum Gasteiger partial charge on any atom is -0.486 e. The smallest absolute Gasteiger partial charge is 0.243 e. The molecule has 2 aromatic rings. The van der Waals surface area contributed by atoms with E-state index in [-0.39, 0.29) is 17.5 Å². The second kappa shape index (κ2) is 6.32. The van der Waals surface area contributed by atoms with Crippen LogP contribution in [0.3, 0.4) is 0 Å². The van der Waals surface area contributed by atoms with E-state index in [1.54, 1.807) is 23.0 Å². The summed E-state index contributed by atoms with van der Waals surface area (Å²) in [6, 6.07) is 4.72. The second-order valence-corrected chi connectivity index (χ2v) is 7.91. The summed E-state index contributed by atoms with van der Waals surface area (Å²) in [7, 11) is -1.82. The lowest BCUT2D eigenvalue weighted by Gasteiger charge is -2.32. The number of ether oxygens (including phenoxy) is 3. The number of hydrogen-bond acceptors (Lipinski definition) is 6. The molecule has 1 fully saturated rings. The SMILES string of the molecule is Cn1cc([C@H]2CN(S(=O)(=O)c3ccc4c(c3)OCCO4)CCO2)cn1. The summed E-state index contributed by atoms with van der Waals surface area (Å²) in [6.45, 7) is 1.78. The average Bonchev–Trinajstić information content (AvgIpc) is 3.08. The first-order valence-electron chi connectivity index (χ1n) is 8.04. The van der Waals surface area contributed by atoms with Gasteiger partial charge in [-0.1, -0.05) is 0 Å². The minimum absolute atomic E-state index is 0.198. The molecule has 2 aliphatic heterocycles. The van der Waals surface area contributed by atoms with Crippen LogP contribution in [0, 0.1) is 0 Å². The van der Waals surface area contributed by atoms with E-state index in [2.05, 4.69) is 5.10 Å². The largest absolute Gasteiger partial charge is 0.486 e. The van der Waals surface area contributed by atoms with Crippen molar-refractivity contribution in [2.45, 2.75) is 11.0 Å². The molecule has 134 valence electrons. The van der Waals surface area contributed by atoms with Gasteiger partial charge in [-0.2, -0.15) is 9.40 Å². The van der Waals surface area contributed by atoms with Crippen molar-refractivity contribution in [2.75, 3.05) is 32.9 Å². The number of nitrogens with zero attached hydrogens (tertiary/aromatic N) is 3. The monoisotopic (exact) mass is 365 g/mol. The van der Waals surface area contributed by atoms with Crippen molar-refractivity contribution < 1.29 is 22.6 Å². The van der Waals surface area contributed by atoms with Crippen molar-refractivity contribution in [1.82, 2.24) is 14.1 Å². The third-order valence-electron chi connectivity index (χ3n) is 4.28. The fraction of sp³-hybridized carbons (Fsp3) is 0.438. The van der Waals surface area contributed by atoms with Crippen LogP contribution in [0.2, 0.25) is 0 Å². The highest BCUT2D eigenvalue weighted by atomic mass is 32.2. The molecule has 1 saturated heterocycles. The van der Waals surface area contributed by atoms with Crippen molar-refractivity contribution in [3.8, 4) is 11.5 Å². The number of aryl methyl sites for hydroxylation is 1. The zero-order valence-corrected chi connectivity index (χ0v) is 14.6. The van der Waals surface area contributed by atoms with Crippen molar-refractivity contribution in [3.63, 3.8) is 0 Å². The number of sulfonamides is 1. The highest BCUT2D eigenvalue weighted by Gasteiger charge is 2.32. The van der Waals surface area contributed by atoms with Crippen LogP contribution in [-0.2, 0) is 21.8 Å². The molecule has 4 rings (SSSR count). The normalized spacial score (nSPS) is 21.2. The Hall–Kier alpha value is -2.10. The third kappa shape index (κ3) is 3.10. The topological polar surface area (TPSA) is 82.9 Å². The Morgan fingerprint density at radius 3 is 2.72 bits per heavy atom. The van der Waals surface area contributed by atoms with E-state index in [0.29, 0.717) is 37.9 Å². The Morgan fingerprint density at radius 2 is 1.96 bits per heavy atom. The lowest BCUT2D eigenvalue weighted by molar-refractivity contribution is -0.00259. The van der Waals surface area contributed by atoms with Gasteiger partial charge in [0.1, 0.15) is 13.2 Å². The predicted molar refractivity (Wildman–Crippen MR) is 88.1 cm³/mol. The minimum atomic E-state index is -3.64. The Morgan fingerprint density at radius 1 is 1.16 bits per heavy atom. The fourth-order valence-corrected chi connectivity index (χ4v) is 4.43. The molecule has 0 radical (unpaired) electrons. The first kappa shape index (κ1) is 16.4. The van der Waals surface area contributed by atoms with Crippen LogP contribution in [0.15, 0.2) is 35.5 Å². The van der Waals surface area contributed by atoms with Crippen molar-refractivity contribution >= 4 is 10.0 Å². The van der Waals surface area contributed by atoms with Gasteiger partial charge in [0.15, 0.2) is 11.5 Å². The molecule has 0 bridgehead atoms. The van der Waals surface area contributed by atoms with Gasteiger partial charge in [0.05, 0.1) is 23.8 Å². The van der Waals surface area contributed by atoms with Crippen LogP contribution in [0.5, 0.6) is 11.5 Å². The molecule has 1 aromatic heterocycles. The van der Waals surface area contributed by atoms with Gasteiger partial charge < -0.3 is 14.2 Å². The van der Waals surface area contributed by atoms with Gasteiger partial charge in [-0.15, -0.1) is 0 Å². The predicted octanol–water partition coefficient (Wildman–Crippen LogP) is 0.954. The first-order chi connectivity index (χ1) is 12.0. The highest BCUT2D eigenvalue weighted by molar-refractivity contribution is 7.89. The van der Waals surface area contributed by atoms with Gasteiger partial charge >= 0.3 is 0 Å². The average molecular weight is 365 g/mol. The molecule has 0 saturated carbocycles. The zero-order valence-electron chi connectivity index (χ0n) is 13.8. The first-order valence-corrected chi connectivity index (χ1v) is 9.48. The van der Waals surface area contributed by atoms with Gasteiger partial charge in [-0.25, -0.2) is 8.42 Å². The molecule has 0 spiro atoms. The molecule has 0 N–H and O–H groups in total. The van der Waals surface area contributed by atoms with Crippen molar-refractivity contribution in [2.24, 2.45) is 7.05 Å². The maximum atomic E-state index is 13.0. The number of rotatable bonds is 3. The van der Waals surface area contributed by atoms with Crippen molar-refractivity contribution in [3.05, 3.63) is 36.2 Å². The molecule has 9 heteroatoms. The number of fused-ring (bicyclic) bond motifs is 1. The zero-order chi connectivity index (χ0) is 17.4. The van der Waals surface area contributed by atoms with E-state index in [4.69, 9.17) is 14.2 Å². The van der Waals surface area contributed by atoms with E-state index in [1.165, 1.54) is 10.4 Å². The summed E-state index contributed by atoms with van der Waals surface area (Å²) in [6.07, 6.45) is 3.21. The molecule has 0 aliphatic carbocycles. The van der Waals surface area contributed by atoms with Crippen LogP contribution < -0.4 is 9.47 Å². The molecular weight excluding hydrogens is 346 g/mol. The van der Waals surface area contributed by atoms with E-state index in [1.807, 2.05) is 13.2 Å². The lowest BCUT2D eigenvalue weighted by Crippen LogP contribution is -2.42. The molecule has 1 atom stereocenters. The number of morpholine rings is 1. The van der Waals surface area contributed by atoms with Crippen LogP contribution in [-0.4, -0.2) is 55.4 Å². The maximum Gasteiger partial charge on any atom is 0.243 e. The highest BCUT2D eigenvalue weighted by Crippen LogP contribution is 2.34. The van der Waals surface area contributed by atoms with Crippen LogP contribution in [0.1, 0.15) is 11.7 Å². The van der Waals surface area contributed by atoms with Crippen LogP contribution in [0.4, 0.5) is 0 Å². The van der Waals surface area contributed by atoms with Gasteiger partial charge in [-0.05, 0) is 12.1 Å². The lowest BCUT2D eigenvalue weighted by atomic mass is 10.2. The molecule has 0 unspecified atom stereocenters. The summed E-state index contributed by atoms with van der Waals surface area (Å²) < 4.78 is 45.8. The quantitative estimate of drug-likeness (QED) is 0.806. The fourth-order valence-electron chi connectivity index (χ4n) is 2.99. The van der Waals surface area contributed by atoms with E-state index < -0.39 is 10.0 Å². The molecule has 1 aromatic carbocycles. The number of aromatic nitrogens is 2. The summed E-state index contributed by atoms with van der Waals surface area (Å²) in [5, 5.41) is 4.12. The Kier molecular flexibility index (Phi) is 4.14. The number of hydrogen-bond donors (Lipinski definition) is 0. The third-order valence-corrected chi connectivity index (χ3v) is 6.14. The van der Waals surface area contributed by atoms with Crippen LogP contribution >= 0.6 is 0 Å². The Labute approximate surface area is 145 Å². The maximum absolute atomic E-state index is 13.0. The molecule has 2 aliphatic rings. The standard InChI is InChI=1S/C16H19N3O5S/c1-18-10-12(9-17-18)16-11-19(4-5-22-16)25(20,21)13-2-3-14-15(8-13)24-7-6-23-14/h2-3,8-10,16H,4-7,11H2,1H3/t16-/m1/s1. The summed E-state index contributed by atoms with van der Waals surface area (Å²) in [5.41, 5.74) is 0.865. The molecular formula is C16H19N3O5S. The Balaban J connectivity index is 1.59.